The van der Waals surface area contributed by atoms with Gasteiger partial charge in [-0.25, -0.2) is 0 Å². The fourth-order valence-corrected chi connectivity index (χ4v) is 4.17. The molecule has 0 bridgehead atoms. The Labute approximate surface area is 228 Å². The number of hydrogen-bond acceptors (Lipinski definition) is 7. The van der Waals surface area contributed by atoms with E-state index in [2.05, 4.69) is 5.32 Å². The molecule has 0 unspecified atom stereocenters. The Balaban J connectivity index is 1.67. The molecule has 9 heteroatoms. The van der Waals surface area contributed by atoms with Crippen LogP contribution in [0.5, 0.6) is 11.5 Å². The second-order valence-corrected chi connectivity index (χ2v) is 10.5. The molecule has 0 aliphatic carbocycles. The van der Waals surface area contributed by atoms with E-state index in [0.29, 0.717) is 12.1 Å². The van der Waals surface area contributed by atoms with Crippen LogP contribution in [-0.2, 0) is 25.3 Å². The molecule has 1 saturated heterocycles. The molecule has 0 saturated carbocycles. The normalized spacial score (nSPS) is 15.5. The number of benzene rings is 3. The average Bonchev–Trinajstić information content (AvgIpc) is 3.06. The van der Waals surface area contributed by atoms with Crippen LogP contribution in [-0.4, -0.2) is 36.2 Å². The Morgan fingerprint density at radius 1 is 0.821 bits per heavy atom. The summed E-state index contributed by atoms with van der Waals surface area (Å²) in [6, 6.07) is 19.8. The molecule has 0 atom stereocenters. The topological polar surface area (TPSA) is 100 Å². The third kappa shape index (κ3) is 6.56. The van der Waals surface area contributed by atoms with Crippen molar-refractivity contribution in [1.82, 2.24) is 0 Å². The quantitative estimate of drug-likeness (QED) is 0.270. The van der Waals surface area contributed by atoms with Crippen molar-refractivity contribution in [2.45, 2.75) is 59.2 Å². The number of nitrogens with one attached hydrogen (secondary N) is 1. The van der Waals surface area contributed by atoms with Gasteiger partial charge in [-0.15, -0.1) is 0 Å². The van der Waals surface area contributed by atoms with Crippen LogP contribution in [0.4, 0.5) is 5.69 Å². The number of carbonyl (C=O) groups excluding carboxylic acids is 3. The van der Waals surface area contributed by atoms with Crippen LogP contribution < -0.4 is 20.3 Å². The van der Waals surface area contributed by atoms with Gasteiger partial charge in [-0.2, -0.15) is 0 Å². The molecule has 1 aliphatic rings. The molecule has 3 aromatic rings. The van der Waals surface area contributed by atoms with Crippen molar-refractivity contribution in [1.29, 1.82) is 0 Å². The molecule has 4 rings (SSSR count). The van der Waals surface area contributed by atoms with Crippen molar-refractivity contribution in [2.75, 3.05) is 5.32 Å². The summed E-state index contributed by atoms with van der Waals surface area (Å²) in [5, 5.41) is 2.95. The highest BCUT2D eigenvalue weighted by molar-refractivity contribution is 6.62. The molecule has 1 aliphatic heterocycles. The van der Waals surface area contributed by atoms with Crippen LogP contribution in [0.1, 0.15) is 63.0 Å². The molecule has 8 nitrogen and oxygen atoms in total. The van der Waals surface area contributed by atoms with Gasteiger partial charge in [-0.05, 0) is 68.9 Å². The van der Waals surface area contributed by atoms with Crippen molar-refractivity contribution < 1.29 is 33.2 Å². The van der Waals surface area contributed by atoms with E-state index in [1.807, 2.05) is 76.2 Å². The molecule has 202 valence electrons. The number of rotatable bonds is 7. The van der Waals surface area contributed by atoms with Crippen LogP contribution >= 0.6 is 0 Å². The number of carbonyl (C=O) groups is 3. The van der Waals surface area contributed by atoms with E-state index in [-0.39, 0.29) is 17.1 Å². The van der Waals surface area contributed by atoms with Gasteiger partial charge in [0, 0.05) is 25.6 Å². The molecular formula is C30H32BNO7. The Kier molecular flexibility index (Phi) is 7.95. The summed E-state index contributed by atoms with van der Waals surface area (Å²) in [5.74, 6) is -1.49. The van der Waals surface area contributed by atoms with Gasteiger partial charge in [0.05, 0.1) is 16.8 Å². The van der Waals surface area contributed by atoms with E-state index in [1.165, 1.54) is 32.0 Å². The van der Waals surface area contributed by atoms with Crippen LogP contribution in [0.3, 0.4) is 0 Å². The van der Waals surface area contributed by atoms with E-state index < -0.39 is 36.2 Å². The summed E-state index contributed by atoms with van der Waals surface area (Å²) >= 11 is 0. The third-order valence-electron chi connectivity index (χ3n) is 6.85. The summed E-state index contributed by atoms with van der Waals surface area (Å²) in [6.07, 6.45) is 0.548. The van der Waals surface area contributed by atoms with E-state index in [9.17, 15) is 14.4 Å². The molecule has 0 radical (unpaired) electrons. The predicted molar refractivity (Wildman–Crippen MR) is 148 cm³/mol. The van der Waals surface area contributed by atoms with E-state index in [1.54, 1.807) is 0 Å². The van der Waals surface area contributed by atoms with Gasteiger partial charge >= 0.3 is 19.1 Å². The maximum Gasteiger partial charge on any atom is 0.494 e. The van der Waals surface area contributed by atoms with Crippen LogP contribution in [0.25, 0.3) is 0 Å². The van der Waals surface area contributed by atoms with Crippen LogP contribution in [0.15, 0.2) is 66.7 Å². The Hall–Kier alpha value is -3.95. The van der Waals surface area contributed by atoms with Gasteiger partial charge in [0.15, 0.2) is 0 Å². The molecular weight excluding hydrogens is 497 g/mol. The summed E-state index contributed by atoms with van der Waals surface area (Å²) in [4.78, 5) is 36.5. The molecule has 0 spiro atoms. The van der Waals surface area contributed by atoms with Gasteiger partial charge in [0.2, 0.25) is 0 Å². The summed E-state index contributed by atoms with van der Waals surface area (Å²) < 4.78 is 22.8. The predicted octanol–water partition coefficient (Wildman–Crippen LogP) is 4.68. The highest BCUT2D eigenvalue weighted by Crippen LogP contribution is 2.37. The first kappa shape index (κ1) is 28.1. The minimum absolute atomic E-state index is 0.0165. The molecule has 3 aromatic carbocycles. The maximum atomic E-state index is 13.4. The zero-order chi connectivity index (χ0) is 28.4. The van der Waals surface area contributed by atoms with E-state index in [0.717, 1.165) is 16.6 Å². The highest BCUT2D eigenvalue weighted by atomic mass is 16.7. The zero-order valence-electron chi connectivity index (χ0n) is 23.0. The molecule has 1 amide bonds. The van der Waals surface area contributed by atoms with Crippen molar-refractivity contribution >= 4 is 36.1 Å². The lowest BCUT2D eigenvalue weighted by atomic mass is 9.77. The van der Waals surface area contributed by atoms with Gasteiger partial charge in [-0.1, -0.05) is 42.5 Å². The van der Waals surface area contributed by atoms with Gasteiger partial charge in [-0.3, -0.25) is 14.4 Å². The first-order valence-corrected chi connectivity index (χ1v) is 12.7. The lowest BCUT2D eigenvalue weighted by Gasteiger charge is -2.32. The van der Waals surface area contributed by atoms with Gasteiger partial charge < -0.3 is 24.1 Å². The Bertz CT molecular complexity index is 1390. The molecule has 1 heterocycles. The average molecular weight is 529 g/mol. The molecule has 0 aromatic heterocycles. The van der Waals surface area contributed by atoms with Crippen molar-refractivity contribution in [3.63, 3.8) is 0 Å². The Morgan fingerprint density at radius 3 is 2.08 bits per heavy atom. The van der Waals surface area contributed by atoms with Crippen molar-refractivity contribution in [3.05, 3.63) is 83.4 Å². The monoisotopic (exact) mass is 529 g/mol. The van der Waals surface area contributed by atoms with E-state index >= 15 is 0 Å². The van der Waals surface area contributed by atoms with E-state index in [4.69, 9.17) is 18.8 Å². The second-order valence-electron chi connectivity index (χ2n) is 10.5. The van der Waals surface area contributed by atoms with Crippen molar-refractivity contribution in [2.24, 2.45) is 0 Å². The fourth-order valence-electron chi connectivity index (χ4n) is 4.17. The first-order chi connectivity index (χ1) is 18.3. The molecule has 39 heavy (non-hydrogen) atoms. The standard InChI is InChI=1S/C30H32BNO7/c1-19(33)36-24-13-14-25(27(18-24)37-20(2)34)28(35)32-26-15-12-23(31-38-29(3,4)30(5,6)39-31)17-22(26)16-21-10-8-7-9-11-21/h7-15,17-18H,16H2,1-6H3,(H,32,35). The maximum absolute atomic E-state index is 13.4. The molecule has 1 N–H and O–H groups in total. The number of amides is 1. The van der Waals surface area contributed by atoms with Crippen LogP contribution in [0.2, 0.25) is 0 Å². The number of anilines is 1. The second kappa shape index (κ2) is 11.0. The first-order valence-electron chi connectivity index (χ1n) is 12.7. The highest BCUT2D eigenvalue weighted by Gasteiger charge is 2.51. The number of hydrogen-bond donors (Lipinski definition) is 1. The third-order valence-corrected chi connectivity index (χ3v) is 6.85. The number of ether oxygens (including phenoxy) is 2. The fraction of sp³-hybridized carbons (Fsp3) is 0.300. The SMILES string of the molecule is CC(=O)Oc1ccc(C(=O)Nc2ccc(B3OC(C)(C)C(C)(C)O3)cc2Cc2ccccc2)c(OC(C)=O)c1. The summed E-state index contributed by atoms with van der Waals surface area (Å²) in [5.41, 5.74) is 2.47. The smallest absolute Gasteiger partial charge is 0.427 e. The minimum Gasteiger partial charge on any atom is -0.427 e. The van der Waals surface area contributed by atoms with Crippen LogP contribution in [0, 0.1) is 0 Å². The summed E-state index contributed by atoms with van der Waals surface area (Å²) in [7, 11) is -0.557. The van der Waals surface area contributed by atoms with Gasteiger partial charge in [0.25, 0.3) is 5.91 Å². The molecule has 1 fully saturated rings. The van der Waals surface area contributed by atoms with Crippen molar-refractivity contribution in [3.8, 4) is 11.5 Å². The minimum atomic E-state index is -0.611. The largest absolute Gasteiger partial charge is 0.494 e. The Morgan fingerprint density at radius 2 is 1.46 bits per heavy atom. The lowest BCUT2D eigenvalue weighted by Crippen LogP contribution is -2.41. The lowest BCUT2D eigenvalue weighted by molar-refractivity contribution is -0.132. The summed E-state index contributed by atoms with van der Waals surface area (Å²) in [6.45, 7) is 10.5. The number of esters is 2. The zero-order valence-corrected chi connectivity index (χ0v) is 23.0. The van der Waals surface area contributed by atoms with Gasteiger partial charge in [0.1, 0.15) is 11.5 Å².